The topological polar surface area (TPSA) is 137 Å². The van der Waals surface area contributed by atoms with Gasteiger partial charge in [0.1, 0.15) is 5.75 Å². The lowest BCUT2D eigenvalue weighted by molar-refractivity contribution is -0.139. The Kier molecular flexibility index (Phi) is 10.3. The summed E-state index contributed by atoms with van der Waals surface area (Å²) in [6, 6.07) is 9.26. The molecule has 1 aliphatic rings. The molecule has 202 valence electrons. The molecular formula is C26H29IN4O7. The van der Waals surface area contributed by atoms with Crippen molar-refractivity contribution in [3.05, 3.63) is 62.4 Å². The summed E-state index contributed by atoms with van der Waals surface area (Å²) in [5, 5.41) is 9.29. The third-order valence-electron chi connectivity index (χ3n) is 5.30. The second kappa shape index (κ2) is 13.7. The monoisotopic (exact) mass is 636 g/mol. The minimum absolute atomic E-state index is 0.192. The molecule has 2 aromatic rings. The number of rotatable bonds is 11. The summed E-state index contributed by atoms with van der Waals surface area (Å²) in [4.78, 5) is 36.9. The number of halogens is 1. The highest BCUT2D eigenvalue weighted by atomic mass is 127. The number of urea groups is 1. The van der Waals surface area contributed by atoms with Crippen LogP contribution in [0.15, 0.2) is 52.8 Å². The van der Waals surface area contributed by atoms with Crippen LogP contribution in [0, 0.1) is 3.57 Å². The third-order valence-corrected chi connectivity index (χ3v) is 6.15. The van der Waals surface area contributed by atoms with Gasteiger partial charge in [-0.05, 0) is 84.8 Å². The predicted molar refractivity (Wildman–Crippen MR) is 148 cm³/mol. The van der Waals surface area contributed by atoms with Gasteiger partial charge in [-0.25, -0.2) is 15.0 Å². The van der Waals surface area contributed by atoms with E-state index >= 15 is 0 Å². The van der Waals surface area contributed by atoms with Crippen molar-refractivity contribution in [3.8, 4) is 17.2 Å². The molecule has 0 unspecified atom stereocenters. The van der Waals surface area contributed by atoms with Gasteiger partial charge in [0.05, 0.1) is 41.7 Å². The Bertz CT molecular complexity index is 1260. The average Bonchev–Trinajstić information content (AvgIpc) is 2.88. The minimum Gasteiger partial charge on any atom is -0.493 e. The van der Waals surface area contributed by atoms with E-state index in [1.165, 1.54) is 13.3 Å². The number of benzene rings is 2. The summed E-state index contributed by atoms with van der Waals surface area (Å²) >= 11 is 2.17. The molecule has 1 heterocycles. The van der Waals surface area contributed by atoms with E-state index in [1.807, 2.05) is 25.1 Å². The molecule has 12 heteroatoms. The quantitative estimate of drug-likeness (QED) is 0.149. The molecular weight excluding hydrogens is 607 g/mol. The maximum Gasteiger partial charge on any atom is 0.338 e. The molecule has 3 N–H and O–H groups in total. The largest absolute Gasteiger partial charge is 0.493 e. The molecule has 0 aromatic heterocycles. The summed E-state index contributed by atoms with van der Waals surface area (Å²) in [6.07, 6.45) is 1.52. The normalized spacial score (nSPS) is 15.0. The number of hydrogen-bond donors (Lipinski definition) is 3. The van der Waals surface area contributed by atoms with E-state index < -0.39 is 23.9 Å². The first-order valence-corrected chi connectivity index (χ1v) is 12.9. The molecule has 1 aliphatic heterocycles. The number of hydrogen-bond acceptors (Lipinski definition) is 8. The fourth-order valence-electron chi connectivity index (χ4n) is 3.63. The van der Waals surface area contributed by atoms with Crippen molar-refractivity contribution in [1.29, 1.82) is 0 Å². The first-order valence-electron chi connectivity index (χ1n) is 11.8. The zero-order valence-corrected chi connectivity index (χ0v) is 23.6. The molecule has 3 rings (SSSR count). The van der Waals surface area contributed by atoms with Gasteiger partial charge >= 0.3 is 12.0 Å². The fourth-order valence-corrected chi connectivity index (χ4v) is 4.33. The highest BCUT2D eigenvalue weighted by molar-refractivity contribution is 14.1. The van der Waals surface area contributed by atoms with Crippen LogP contribution >= 0.6 is 22.6 Å². The average molecular weight is 636 g/mol. The van der Waals surface area contributed by atoms with Gasteiger partial charge in [0.2, 0.25) is 0 Å². The number of amides is 3. The number of ether oxygens (including phenoxy) is 4. The van der Waals surface area contributed by atoms with Gasteiger partial charge in [-0.15, -0.1) is 0 Å². The third kappa shape index (κ3) is 7.37. The van der Waals surface area contributed by atoms with Gasteiger partial charge in [-0.3, -0.25) is 4.79 Å². The van der Waals surface area contributed by atoms with E-state index in [0.717, 1.165) is 14.9 Å². The summed E-state index contributed by atoms with van der Waals surface area (Å²) in [6.45, 7) is 5.70. The summed E-state index contributed by atoms with van der Waals surface area (Å²) in [5.41, 5.74) is 4.47. The highest BCUT2D eigenvalue weighted by Gasteiger charge is 2.32. The Labute approximate surface area is 234 Å². The zero-order valence-electron chi connectivity index (χ0n) is 21.4. The molecule has 1 atom stereocenters. The van der Waals surface area contributed by atoms with Crippen molar-refractivity contribution >= 4 is 46.7 Å². The van der Waals surface area contributed by atoms with Crippen molar-refractivity contribution < 1.29 is 33.3 Å². The zero-order chi connectivity index (χ0) is 27.7. The fraction of sp³-hybridized carbons (Fsp3) is 0.308. The first-order chi connectivity index (χ1) is 18.3. The molecule has 0 saturated heterocycles. The van der Waals surface area contributed by atoms with E-state index in [9.17, 15) is 14.4 Å². The Balaban J connectivity index is 1.66. The lowest BCUT2D eigenvalue weighted by Crippen LogP contribution is -2.45. The van der Waals surface area contributed by atoms with Crippen LogP contribution in [-0.4, -0.2) is 51.1 Å². The van der Waals surface area contributed by atoms with Gasteiger partial charge in [-0.2, -0.15) is 5.10 Å². The number of esters is 1. The first kappa shape index (κ1) is 28.8. The van der Waals surface area contributed by atoms with E-state index in [-0.39, 0.29) is 18.8 Å². The van der Waals surface area contributed by atoms with Crippen molar-refractivity contribution in [1.82, 2.24) is 16.1 Å². The number of hydrazone groups is 1. The van der Waals surface area contributed by atoms with Crippen LogP contribution < -0.4 is 30.3 Å². The number of nitrogens with zero attached hydrogens (tertiary/aromatic N) is 1. The lowest BCUT2D eigenvalue weighted by Gasteiger charge is -2.28. The molecule has 0 bridgehead atoms. The molecule has 2 aromatic carbocycles. The second-order valence-electron chi connectivity index (χ2n) is 7.91. The molecule has 38 heavy (non-hydrogen) atoms. The number of carbonyl (C=O) groups is 3. The number of carbonyl (C=O) groups excluding carboxylic acids is 3. The molecule has 11 nitrogen and oxygen atoms in total. The van der Waals surface area contributed by atoms with Crippen LogP contribution in [0.25, 0.3) is 0 Å². The Morgan fingerprint density at radius 1 is 1.08 bits per heavy atom. The van der Waals surface area contributed by atoms with E-state index in [0.29, 0.717) is 29.4 Å². The number of allylic oxidation sites excluding steroid dienone is 1. The second-order valence-corrected chi connectivity index (χ2v) is 9.07. The molecule has 0 spiro atoms. The SMILES string of the molecule is CCOC(=O)C1=C(C)NC(=O)N[C@@H]1c1ccc(OCC(=O)N/N=C\c2ccc(OCC)c(I)c2)c(OC)c1. The summed E-state index contributed by atoms with van der Waals surface area (Å²) < 4.78 is 22.6. The Morgan fingerprint density at radius 3 is 2.53 bits per heavy atom. The van der Waals surface area contributed by atoms with Crippen molar-refractivity contribution in [3.63, 3.8) is 0 Å². The van der Waals surface area contributed by atoms with Crippen LogP contribution in [0.2, 0.25) is 0 Å². The van der Waals surface area contributed by atoms with E-state index in [2.05, 4.69) is 43.8 Å². The van der Waals surface area contributed by atoms with E-state index in [4.69, 9.17) is 18.9 Å². The Hall–Kier alpha value is -3.81. The van der Waals surface area contributed by atoms with Crippen molar-refractivity contribution in [2.75, 3.05) is 26.9 Å². The molecule has 0 radical (unpaired) electrons. The molecule has 0 saturated carbocycles. The van der Waals surface area contributed by atoms with Crippen LogP contribution in [0.3, 0.4) is 0 Å². The van der Waals surface area contributed by atoms with E-state index in [1.54, 1.807) is 32.0 Å². The van der Waals surface area contributed by atoms with Gasteiger partial charge < -0.3 is 29.6 Å². The van der Waals surface area contributed by atoms with Gasteiger partial charge in [-0.1, -0.05) is 6.07 Å². The maximum atomic E-state index is 12.5. The molecule has 0 fully saturated rings. The van der Waals surface area contributed by atoms with Crippen molar-refractivity contribution in [2.24, 2.45) is 5.10 Å². The van der Waals surface area contributed by atoms with Crippen LogP contribution in [-0.2, 0) is 14.3 Å². The van der Waals surface area contributed by atoms with Crippen LogP contribution in [0.1, 0.15) is 37.9 Å². The molecule has 3 amide bonds. The molecule has 0 aliphatic carbocycles. The van der Waals surface area contributed by atoms with Crippen molar-refractivity contribution in [2.45, 2.75) is 26.8 Å². The van der Waals surface area contributed by atoms with Gasteiger partial charge in [0.25, 0.3) is 5.91 Å². The predicted octanol–water partition coefficient (Wildman–Crippen LogP) is 3.42. The summed E-state index contributed by atoms with van der Waals surface area (Å²) in [5.74, 6) is 0.390. The van der Waals surface area contributed by atoms with Crippen LogP contribution in [0.5, 0.6) is 17.2 Å². The number of nitrogens with one attached hydrogen (secondary N) is 3. The van der Waals surface area contributed by atoms with Gasteiger partial charge in [0.15, 0.2) is 18.1 Å². The number of methoxy groups -OCH3 is 1. The Morgan fingerprint density at radius 2 is 1.84 bits per heavy atom. The maximum absolute atomic E-state index is 12.5. The minimum atomic E-state index is -0.756. The standard InChI is InChI=1S/C26H29IN4O7/c1-5-36-19-9-7-16(11-18(19)27)13-28-31-22(32)14-38-20-10-8-17(12-21(20)35-4)24-23(25(33)37-6-2)15(3)29-26(34)30-24/h7-13,24H,5-6,14H2,1-4H3,(H,31,32)(H2,29,30,34)/b28-13-/t24-/m1/s1. The van der Waals surface area contributed by atoms with Gasteiger partial charge in [0, 0.05) is 5.70 Å². The van der Waals surface area contributed by atoms with Crippen LogP contribution in [0.4, 0.5) is 4.79 Å². The summed E-state index contributed by atoms with van der Waals surface area (Å²) in [7, 11) is 1.45. The smallest absolute Gasteiger partial charge is 0.338 e. The highest BCUT2D eigenvalue weighted by Crippen LogP contribution is 2.34. The lowest BCUT2D eigenvalue weighted by atomic mass is 9.95.